The van der Waals surface area contributed by atoms with Crippen molar-refractivity contribution in [1.29, 1.82) is 0 Å². The van der Waals surface area contributed by atoms with Crippen LogP contribution < -0.4 is 5.32 Å². The number of nitrogens with zero attached hydrogens (tertiary/aromatic N) is 1. The fraction of sp³-hybridized carbons (Fsp3) is 0.600. The van der Waals surface area contributed by atoms with Crippen LogP contribution in [0.25, 0.3) is 0 Å². The molecule has 1 N–H and O–H groups in total. The molecule has 0 radical (unpaired) electrons. The van der Waals surface area contributed by atoms with Crippen molar-refractivity contribution in [3.05, 3.63) is 34.9 Å². The highest BCUT2D eigenvalue weighted by Gasteiger charge is 2.29. The van der Waals surface area contributed by atoms with E-state index >= 15 is 0 Å². The summed E-state index contributed by atoms with van der Waals surface area (Å²) in [6.07, 6.45) is 4.82. The Balaban J connectivity index is 1.47. The molecule has 3 amide bonds. The molecule has 174 valence electrons. The number of hydrogen-bond acceptors (Lipinski definition) is 5. The first kappa shape index (κ1) is 24.0. The van der Waals surface area contributed by atoms with Crippen LogP contribution in [0.2, 0.25) is 0 Å². The lowest BCUT2D eigenvalue weighted by molar-refractivity contribution is -0.155. The average Bonchev–Trinajstić information content (AvgIpc) is 2.71. The van der Waals surface area contributed by atoms with Gasteiger partial charge < -0.3 is 9.64 Å². The van der Waals surface area contributed by atoms with Gasteiger partial charge in [-0.1, -0.05) is 24.6 Å². The minimum absolute atomic E-state index is 0.124. The molecule has 32 heavy (non-hydrogen) atoms. The van der Waals surface area contributed by atoms with Crippen LogP contribution in [0, 0.1) is 0 Å². The molecule has 2 aliphatic heterocycles. The smallest absolute Gasteiger partial charge is 0.306 e. The summed E-state index contributed by atoms with van der Waals surface area (Å²) in [5.41, 5.74) is 2.74. The van der Waals surface area contributed by atoms with Gasteiger partial charge in [0.1, 0.15) is 5.60 Å². The van der Waals surface area contributed by atoms with Crippen LogP contribution in [0.4, 0.5) is 0 Å². The molecule has 1 atom stereocenters. The van der Waals surface area contributed by atoms with Crippen LogP contribution in [0.3, 0.4) is 0 Å². The van der Waals surface area contributed by atoms with Gasteiger partial charge in [0.2, 0.25) is 17.7 Å². The summed E-state index contributed by atoms with van der Waals surface area (Å²) in [7, 11) is 0. The number of carbonyl (C=O) groups is 4. The van der Waals surface area contributed by atoms with Crippen molar-refractivity contribution in [2.75, 3.05) is 6.54 Å². The Labute approximate surface area is 189 Å². The van der Waals surface area contributed by atoms with E-state index in [4.69, 9.17) is 4.74 Å². The predicted octanol–water partition coefficient (Wildman–Crippen LogP) is 3.38. The van der Waals surface area contributed by atoms with E-state index in [-0.39, 0.29) is 29.6 Å². The summed E-state index contributed by atoms with van der Waals surface area (Å²) >= 11 is 0. The highest BCUT2D eigenvalue weighted by Crippen LogP contribution is 2.29. The molecule has 7 nitrogen and oxygen atoms in total. The average molecular weight is 443 g/mol. The summed E-state index contributed by atoms with van der Waals surface area (Å²) in [6.45, 7) is 6.81. The molecule has 1 aromatic rings. The van der Waals surface area contributed by atoms with Crippen LogP contribution in [0.1, 0.15) is 88.3 Å². The van der Waals surface area contributed by atoms with Crippen molar-refractivity contribution in [3.63, 3.8) is 0 Å². The highest BCUT2D eigenvalue weighted by atomic mass is 16.6. The summed E-state index contributed by atoms with van der Waals surface area (Å²) in [5.74, 6) is -0.833. The van der Waals surface area contributed by atoms with E-state index in [1.807, 2.05) is 43.9 Å². The number of rotatable bonds is 7. The van der Waals surface area contributed by atoms with E-state index in [0.29, 0.717) is 38.8 Å². The molecular formula is C25H34N2O5. The largest absolute Gasteiger partial charge is 0.460 e. The van der Waals surface area contributed by atoms with Crippen LogP contribution in [-0.2, 0) is 36.9 Å². The Bertz CT molecular complexity index is 887. The van der Waals surface area contributed by atoms with Crippen LogP contribution >= 0.6 is 0 Å². The topological polar surface area (TPSA) is 92.8 Å². The van der Waals surface area contributed by atoms with E-state index in [2.05, 4.69) is 5.32 Å². The first-order valence-electron chi connectivity index (χ1n) is 11.6. The number of carbonyl (C=O) groups excluding carboxylic acids is 4. The van der Waals surface area contributed by atoms with E-state index in [9.17, 15) is 19.2 Å². The normalized spacial score (nSPS) is 18.7. The number of ether oxygens (including phenoxy) is 1. The van der Waals surface area contributed by atoms with Crippen LogP contribution in [0.15, 0.2) is 18.2 Å². The molecule has 3 rings (SSSR count). The Morgan fingerprint density at radius 1 is 1.06 bits per heavy atom. The van der Waals surface area contributed by atoms with Gasteiger partial charge in [0.25, 0.3) is 0 Å². The van der Waals surface area contributed by atoms with Crippen molar-refractivity contribution in [1.82, 2.24) is 10.2 Å². The van der Waals surface area contributed by atoms with Crippen molar-refractivity contribution < 1.29 is 23.9 Å². The van der Waals surface area contributed by atoms with Gasteiger partial charge in [-0.05, 0) is 63.1 Å². The van der Waals surface area contributed by atoms with Gasteiger partial charge in [0.05, 0.1) is 5.92 Å². The molecule has 1 saturated heterocycles. The number of amides is 3. The van der Waals surface area contributed by atoms with Gasteiger partial charge in [-0.2, -0.15) is 0 Å². The number of imide groups is 1. The maximum absolute atomic E-state index is 12.7. The number of piperidine rings is 1. The molecule has 1 unspecified atom stereocenters. The van der Waals surface area contributed by atoms with Gasteiger partial charge in [-0.3, -0.25) is 24.5 Å². The molecule has 2 aliphatic rings. The molecule has 0 aliphatic carbocycles. The second-order valence-electron chi connectivity index (χ2n) is 9.74. The summed E-state index contributed by atoms with van der Waals surface area (Å²) in [4.78, 5) is 50.0. The summed E-state index contributed by atoms with van der Waals surface area (Å²) in [5, 5.41) is 2.41. The van der Waals surface area contributed by atoms with Gasteiger partial charge in [-0.25, -0.2) is 0 Å². The van der Waals surface area contributed by atoms with Crippen molar-refractivity contribution in [2.24, 2.45) is 0 Å². The van der Waals surface area contributed by atoms with Crippen LogP contribution in [0.5, 0.6) is 0 Å². The molecule has 0 saturated carbocycles. The maximum atomic E-state index is 12.7. The molecule has 1 fully saturated rings. The molecule has 2 heterocycles. The van der Waals surface area contributed by atoms with E-state index in [1.54, 1.807) is 0 Å². The molecular weight excluding hydrogens is 408 g/mol. The molecule has 0 bridgehead atoms. The quantitative estimate of drug-likeness (QED) is 0.397. The number of hydrogen-bond donors (Lipinski definition) is 1. The lowest BCUT2D eigenvalue weighted by Gasteiger charge is -2.30. The molecule has 1 aromatic carbocycles. The zero-order chi connectivity index (χ0) is 23.3. The molecule has 7 heteroatoms. The first-order chi connectivity index (χ1) is 15.1. The SMILES string of the molecule is CC(C)(C)OC(=O)CCCCCC(=O)N1CCc2ccc(C3CCC(=O)NC3=O)cc2C1. The van der Waals surface area contributed by atoms with E-state index in [0.717, 1.165) is 36.8 Å². The Kier molecular flexibility index (Phi) is 7.69. The van der Waals surface area contributed by atoms with Crippen molar-refractivity contribution >= 4 is 23.7 Å². The fourth-order valence-electron chi connectivity index (χ4n) is 4.29. The van der Waals surface area contributed by atoms with Gasteiger partial charge in [-0.15, -0.1) is 0 Å². The second kappa shape index (κ2) is 10.3. The first-order valence-corrected chi connectivity index (χ1v) is 11.6. The summed E-state index contributed by atoms with van der Waals surface area (Å²) in [6, 6.07) is 6.05. The van der Waals surface area contributed by atoms with E-state index in [1.165, 1.54) is 5.56 Å². The highest BCUT2D eigenvalue weighted by molar-refractivity contribution is 6.00. The number of unbranched alkanes of at least 4 members (excludes halogenated alkanes) is 2. The van der Waals surface area contributed by atoms with Crippen LogP contribution in [-0.4, -0.2) is 40.7 Å². The number of benzene rings is 1. The lowest BCUT2D eigenvalue weighted by Crippen LogP contribution is -2.39. The minimum atomic E-state index is -0.463. The Morgan fingerprint density at radius 2 is 1.81 bits per heavy atom. The zero-order valence-corrected chi connectivity index (χ0v) is 19.4. The molecule has 0 aromatic heterocycles. The van der Waals surface area contributed by atoms with Crippen molar-refractivity contribution in [3.8, 4) is 0 Å². The third-order valence-electron chi connectivity index (χ3n) is 5.93. The van der Waals surface area contributed by atoms with Gasteiger partial charge in [0.15, 0.2) is 0 Å². The Hall–Kier alpha value is -2.70. The van der Waals surface area contributed by atoms with Crippen molar-refractivity contribution in [2.45, 2.75) is 90.2 Å². The Morgan fingerprint density at radius 3 is 2.53 bits per heavy atom. The second-order valence-corrected chi connectivity index (χ2v) is 9.74. The number of fused-ring (bicyclic) bond motifs is 1. The summed E-state index contributed by atoms with van der Waals surface area (Å²) < 4.78 is 5.30. The zero-order valence-electron chi connectivity index (χ0n) is 19.4. The number of nitrogens with one attached hydrogen (secondary N) is 1. The standard InChI is InChI=1S/C25H34N2O5/c1-25(2,3)32-23(30)8-6-4-5-7-22(29)27-14-13-17-9-10-18(15-19(17)16-27)20-11-12-21(28)26-24(20)31/h9-10,15,20H,4-8,11-14,16H2,1-3H3,(H,26,28,31). The predicted molar refractivity (Wildman–Crippen MR) is 120 cm³/mol. The van der Waals surface area contributed by atoms with Gasteiger partial charge in [0, 0.05) is 32.4 Å². The van der Waals surface area contributed by atoms with E-state index < -0.39 is 5.60 Å². The third-order valence-corrected chi connectivity index (χ3v) is 5.93. The monoisotopic (exact) mass is 442 g/mol. The third kappa shape index (κ3) is 6.65. The number of esters is 1. The minimum Gasteiger partial charge on any atom is -0.460 e. The lowest BCUT2D eigenvalue weighted by atomic mass is 9.87. The molecule has 0 spiro atoms. The van der Waals surface area contributed by atoms with Gasteiger partial charge >= 0.3 is 5.97 Å². The fourth-order valence-corrected chi connectivity index (χ4v) is 4.29. The maximum Gasteiger partial charge on any atom is 0.306 e.